The number of hydroxylamine groups is 2. The Hall–Kier alpha value is -1.94. The van der Waals surface area contributed by atoms with Crippen molar-refractivity contribution >= 4 is 62.8 Å². The first-order valence-corrected chi connectivity index (χ1v) is 12.2. The van der Waals surface area contributed by atoms with Crippen LogP contribution in [0.3, 0.4) is 0 Å². The number of allylic oxidation sites excluding steroid dienone is 2. The summed E-state index contributed by atoms with van der Waals surface area (Å²) >= 11 is 17.2. The van der Waals surface area contributed by atoms with E-state index in [1.807, 2.05) is 0 Å². The molecule has 1 saturated carbocycles. The standard InChI is InChI=1S/C22H19BrCl2N2O6/c1-9-3-2-4-12(16(9)28)15-10-5-6-11-14(18(30)27(33)17(11)29)13(10)7-21(24)19(31)26(8-23)20(32)22(15,21)25/h2-5,11,13-15,28,33H,6-8H2,1H3. The van der Waals surface area contributed by atoms with Crippen LogP contribution >= 0.6 is 39.1 Å². The fourth-order valence-electron chi connectivity index (χ4n) is 6.00. The van der Waals surface area contributed by atoms with Gasteiger partial charge in [-0.05, 0) is 31.2 Å². The van der Waals surface area contributed by atoms with Gasteiger partial charge in [0.05, 0.1) is 17.3 Å². The van der Waals surface area contributed by atoms with Crippen LogP contribution in [0, 0.1) is 24.7 Å². The average Bonchev–Trinajstić information content (AvgIpc) is 3.09. The van der Waals surface area contributed by atoms with Crippen LogP contribution in [0.1, 0.15) is 29.9 Å². The number of amides is 4. The number of phenols is 1. The molecule has 6 unspecified atom stereocenters. The number of rotatable bonds is 2. The molecule has 0 spiro atoms. The Labute approximate surface area is 207 Å². The zero-order chi connectivity index (χ0) is 24.0. The number of halogens is 3. The first-order chi connectivity index (χ1) is 15.5. The van der Waals surface area contributed by atoms with Crippen molar-refractivity contribution in [3.8, 4) is 5.75 Å². The molecule has 0 bridgehead atoms. The number of carbonyl (C=O) groups excluding carboxylic acids is 4. The van der Waals surface area contributed by atoms with E-state index < -0.39 is 57.0 Å². The quantitative estimate of drug-likeness (QED) is 0.190. The Morgan fingerprint density at radius 3 is 2.48 bits per heavy atom. The number of imide groups is 2. The number of para-hydroxylation sites is 1. The van der Waals surface area contributed by atoms with Crippen molar-refractivity contribution in [2.75, 3.05) is 5.45 Å². The second-order valence-corrected chi connectivity index (χ2v) is 10.7. The minimum atomic E-state index is -1.97. The molecule has 4 amide bonds. The van der Waals surface area contributed by atoms with Gasteiger partial charge in [-0.15, -0.1) is 23.2 Å². The summed E-state index contributed by atoms with van der Waals surface area (Å²) in [4.78, 5) is 49.2. The first-order valence-electron chi connectivity index (χ1n) is 10.4. The monoisotopic (exact) mass is 556 g/mol. The second-order valence-electron chi connectivity index (χ2n) is 8.99. The van der Waals surface area contributed by atoms with Gasteiger partial charge in [0, 0.05) is 11.5 Å². The number of alkyl halides is 3. The van der Waals surface area contributed by atoms with E-state index in [4.69, 9.17) is 23.2 Å². The van der Waals surface area contributed by atoms with Crippen molar-refractivity contribution in [2.24, 2.45) is 17.8 Å². The molecule has 5 rings (SSSR count). The van der Waals surface area contributed by atoms with E-state index in [9.17, 15) is 29.5 Å². The van der Waals surface area contributed by atoms with Gasteiger partial charge in [0.25, 0.3) is 23.6 Å². The number of nitrogens with zero attached hydrogens (tertiary/aromatic N) is 2. The molecule has 33 heavy (non-hydrogen) atoms. The van der Waals surface area contributed by atoms with Gasteiger partial charge in [-0.25, -0.2) is 0 Å². The summed E-state index contributed by atoms with van der Waals surface area (Å²) in [5, 5.41) is 21.1. The van der Waals surface area contributed by atoms with Gasteiger partial charge < -0.3 is 5.11 Å². The predicted molar refractivity (Wildman–Crippen MR) is 120 cm³/mol. The summed E-state index contributed by atoms with van der Waals surface area (Å²) in [5.74, 6) is -6.52. The molecule has 11 heteroatoms. The highest BCUT2D eigenvalue weighted by atomic mass is 79.9. The molecule has 174 valence electrons. The smallest absolute Gasteiger partial charge is 0.257 e. The molecular formula is C22H19BrCl2N2O6. The lowest BCUT2D eigenvalue weighted by Gasteiger charge is -2.50. The number of carbonyl (C=O) groups is 4. The third-order valence-corrected chi connectivity index (χ3v) is 9.49. The van der Waals surface area contributed by atoms with Crippen LogP contribution in [-0.4, -0.2) is 59.1 Å². The number of fused-ring (bicyclic) bond motifs is 4. The first kappa shape index (κ1) is 22.8. The number of hydrogen-bond donors (Lipinski definition) is 2. The lowest BCUT2D eigenvalue weighted by atomic mass is 9.56. The Bertz CT molecular complexity index is 1170. The molecule has 4 aliphatic rings. The summed E-state index contributed by atoms with van der Waals surface area (Å²) in [7, 11) is 0. The van der Waals surface area contributed by atoms with Gasteiger partial charge in [-0.1, -0.05) is 45.8 Å². The van der Waals surface area contributed by atoms with E-state index in [-0.39, 0.29) is 29.1 Å². The van der Waals surface area contributed by atoms with Crippen LogP contribution in [0.4, 0.5) is 0 Å². The number of phenolic OH excluding ortho intramolecular Hbond substituents is 1. The van der Waals surface area contributed by atoms with E-state index in [0.717, 1.165) is 4.90 Å². The molecule has 6 atom stereocenters. The van der Waals surface area contributed by atoms with Crippen molar-refractivity contribution in [2.45, 2.75) is 35.4 Å². The van der Waals surface area contributed by atoms with Crippen LogP contribution in [-0.2, 0) is 19.2 Å². The Morgan fingerprint density at radius 2 is 1.82 bits per heavy atom. The molecule has 2 aliphatic carbocycles. The molecule has 1 aromatic carbocycles. The van der Waals surface area contributed by atoms with Crippen molar-refractivity contribution in [3.63, 3.8) is 0 Å². The molecule has 0 aromatic heterocycles. The molecule has 2 N–H and O–H groups in total. The van der Waals surface area contributed by atoms with Crippen LogP contribution in [0.2, 0.25) is 0 Å². The fraction of sp³-hybridized carbons (Fsp3) is 0.455. The zero-order valence-electron chi connectivity index (χ0n) is 17.3. The molecule has 3 fully saturated rings. The fourth-order valence-corrected chi connectivity index (χ4v) is 7.41. The van der Waals surface area contributed by atoms with Crippen molar-refractivity contribution in [1.82, 2.24) is 9.96 Å². The third kappa shape index (κ3) is 2.62. The number of likely N-dealkylation sites (tertiary alicyclic amines) is 1. The minimum Gasteiger partial charge on any atom is -0.507 e. The minimum absolute atomic E-state index is 0.0969. The Kier molecular flexibility index (Phi) is 5.04. The molecule has 0 radical (unpaired) electrons. The van der Waals surface area contributed by atoms with Gasteiger partial charge in [0.15, 0.2) is 9.75 Å². The highest BCUT2D eigenvalue weighted by molar-refractivity contribution is 9.09. The number of aromatic hydroxyl groups is 1. The van der Waals surface area contributed by atoms with Crippen molar-refractivity contribution < 1.29 is 29.5 Å². The maximum Gasteiger partial charge on any atom is 0.257 e. The van der Waals surface area contributed by atoms with Crippen LogP contribution in [0.25, 0.3) is 0 Å². The number of hydrogen-bond acceptors (Lipinski definition) is 6. The largest absolute Gasteiger partial charge is 0.507 e. The predicted octanol–water partition coefficient (Wildman–Crippen LogP) is 2.80. The molecular weight excluding hydrogens is 539 g/mol. The Balaban J connectivity index is 1.78. The summed E-state index contributed by atoms with van der Waals surface area (Å²) in [5.41, 5.74) is 1.27. The van der Waals surface area contributed by atoms with Crippen molar-refractivity contribution in [3.05, 3.63) is 41.0 Å². The van der Waals surface area contributed by atoms with E-state index in [1.54, 1.807) is 31.2 Å². The zero-order valence-corrected chi connectivity index (χ0v) is 20.4. The lowest BCUT2D eigenvalue weighted by Crippen LogP contribution is -2.60. The number of benzene rings is 1. The summed E-state index contributed by atoms with van der Waals surface area (Å²) in [6.45, 7) is 1.69. The summed E-state index contributed by atoms with van der Waals surface area (Å²) in [6.07, 6.45) is 1.71. The van der Waals surface area contributed by atoms with Crippen molar-refractivity contribution in [1.29, 1.82) is 0 Å². The van der Waals surface area contributed by atoms with Crippen LogP contribution < -0.4 is 0 Å². The van der Waals surface area contributed by atoms with Crippen LogP contribution in [0.5, 0.6) is 5.75 Å². The Morgan fingerprint density at radius 1 is 1.12 bits per heavy atom. The van der Waals surface area contributed by atoms with Gasteiger partial charge in [0.2, 0.25) is 0 Å². The summed E-state index contributed by atoms with van der Waals surface area (Å²) in [6, 6.07) is 4.99. The third-order valence-electron chi connectivity index (χ3n) is 7.57. The molecule has 8 nitrogen and oxygen atoms in total. The van der Waals surface area contributed by atoms with E-state index in [1.165, 1.54) is 0 Å². The summed E-state index contributed by atoms with van der Waals surface area (Å²) < 4.78 is 0. The maximum atomic E-state index is 13.5. The molecule has 2 saturated heterocycles. The van der Waals surface area contributed by atoms with E-state index in [0.29, 0.717) is 16.7 Å². The lowest BCUT2D eigenvalue weighted by molar-refractivity contribution is -0.173. The molecule has 2 aliphatic heterocycles. The van der Waals surface area contributed by atoms with Gasteiger partial charge in [-0.2, -0.15) is 5.06 Å². The van der Waals surface area contributed by atoms with Gasteiger partial charge >= 0.3 is 0 Å². The van der Waals surface area contributed by atoms with E-state index in [2.05, 4.69) is 15.9 Å². The number of aryl methyl sites for hydroxylation is 1. The maximum absolute atomic E-state index is 13.5. The molecule has 1 aromatic rings. The highest BCUT2D eigenvalue weighted by Crippen LogP contribution is 2.66. The topological polar surface area (TPSA) is 115 Å². The van der Waals surface area contributed by atoms with Crippen LogP contribution in [0.15, 0.2) is 29.8 Å². The SMILES string of the molecule is Cc1cccc(C2C3=CCC4C(=O)N(O)C(=O)C4C3CC3(Cl)C(=O)N(CBr)C(=O)C23Cl)c1O. The van der Waals surface area contributed by atoms with E-state index >= 15 is 0 Å². The average molecular weight is 558 g/mol. The highest BCUT2D eigenvalue weighted by Gasteiger charge is 2.76. The van der Waals surface area contributed by atoms with Gasteiger partial charge in [-0.3, -0.25) is 29.3 Å². The molecule has 2 heterocycles. The van der Waals surface area contributed by atoms with Gasteiger partial charge in [0.1, 0.15) is 5.75 Å². The normalized spacial score (nSPS) is 37.8. The second kappa shape index (κ2) is 7.28.